The van der Waals surface area contributed by atoms with E-state index in [-0.39, 0.29) is 5.06 Å². The molecule has 1 heterocycles. The second-order valence-electron chi connectivity index (χ2n) is 1.53. The molecule has 7 heteroatoms. The van der Waals surface area contributed by atoms with Gasteiger partial charge in [0.05, 0.1) is 0 Å². The van der Waals surface area contributed by atoms with E-state index in [0.29, 0.717) is 4.61 Å². The smallest absolute Gasteiger partial charge is 0.324 e. The van der Waals surface area contributed by atoms with Crippen LogP contribution in [-0.2, 0) is 4.74 Å². The van der Waals surface area contributed by atoms with Crippen LogP contribution in [0.1, 0.15) is 0 Å². The van der Waals surface area contributed by atoms with Crippen LogP contribution in [0.4, 0.5) is 4.79 Å². The van der Waals surface area contributed by atoms with Crippen LogP contribution in [0.5, 0.6) is 0 Å². The molecule has 1 aliphatic rings. The van der Waals surface area contributed by atoms with E-state index in [2.05, 4.69) is 10.9 Å². The molecule has 6 nitrogen and oxygen atoms in total. The number of halogens is 1. The average Bonchev–Trinajstić information content (AvgIpc) is 2.20. The SMILES string of the molecule is O=C1NNC(OCI)N1[O-]. The molecule has 1 aliphatic heterocycles. The molecule has 1 saturated heterocycles. The van der Waals surface area contributed by atoms with Crippen molar-refractivity contribution in [2.45, 2.75) is 6.35 Å². The summed E-state index contributed by atoms with van der Waals surface area (Å²) in [6.07, 6.45) is -0.885. The third-order valence-corrected chi connectivity index (χ3v) is 1.30. The van der Waals surface area contributed by atoms with Crippen LogP contribution in [0, 0.1) is 5.21 Å². The van der Waals surface area contributed by atoms with Gasteiger partial charge in [0.25, 0.3) is 0 Å². The Morgan fingerprint density at radius 3 is 3.00 bits per heavy atom. The van der Waals surface area contributed by atoms with Crippen molar-refractivity contribution in [2.75, 3.05) is 4.61 Å². The first kappa shape index (κ1) is 7.98. The predicted octanol–water partition coefficient (Wildman–Crippen LogP) is -0.293. The van der Waals surface area contributed by atoms with Gasteiger partial charge in [-0.1, -0.05) is 22.6 Å². The number of carbonyl (C=O) groups excluding carboxylic acids is 1. The molecule has 1 fully saturated rings. The van der Waals surface area contributed by atoms with Gasteiger partial charge in [0, 0.05) is 0 Å². The molecule has 1 atom stereocenters. The molecule has 0 bridgehead atoms. The van der Waals surface area contributed by atoms with Gasteiger partial charge in [-0.05, 0) is 0 Å². The number of nitrogens with one attached hydrogen (secondary N) is 2. The van der Waals surface area contributed by atoms with Crippen molar-refractivity contribution >= 4 is 28.6 Å². The number of hydroxylamine groups is 2. The zero-order valence-corrected chi connectivity index (χ0v) is 6.99. The molecule has 2 N–H and O–H groups in total. The zero-order valence-electron chi connectivity index (χ0n) is 4.83. The molecule has 1 unspecified atom stereocenters. The quantitative estimate of drug-likeness (QED) is 0.527. The van der Waals surface area contributed by atoms with Crippen LogP contribution < -0.4 is 10.9 Å². The Morgan fingerprint density at radius 1 is 1.90 bits per heavy atom. The van der Waals surface area contributed by atoms with Crippen LogP contribution in [0.25, 0.3) is 0 Å². The summed E-state index contributed by atoms with van der Waals surface area (Å²) in [4.78, 5) is 10.4. The normalized spacial score (nSPS) is 25.2. The van der Waals surface area contributed by atoms with Crippen molar-refractivity contribution < 1.29 is 9.53 Å². The van der Waals surface area contributed by atoms with Gasteiger partial charge < -0.3 is 15.0 Å². The maximum Gasteiger partial charge on any atom is 0.324 e. The summed E-state index contributed by atoms with van der Waals surface area (Å²) < 4.78 is 5.14. The molecule has 0 saturated carbocycles. The summed E-state index contributed by atoms with van der Waals surface area (Å²) in [5.74, 6) is 0. The minimum atomic E-state index is -0.885. The van der Waals surface area contributed by atoms with Crippen LogP contribution in [0.15, 0.2) is 0 Å². The fourth-order valence-corrected chi connectivity index (χ4v) is 0.853. The highest BCUT2D eigenvalue weighted by Gasteiger charge is 2.22. The van der Waals surface area contributed by atoms with Crippen LogP contribution in [0.3, 0.4) is 0 Å². The second-order valence-corrected chi connectivity index (χ2v) is 2.15. The third-order valence-electron chi connectivity index (χ3n) is 0.937. The van der Waals surface area contributed by atoms with E-state index in [4.69, 9.17) is 4.74 Å². The molecule has 1 rings (SSSR count). The van der Waals surface area contributed by atoms with Crippen molar-refractivity contribution in [1.29, 1.82) is 0 Å². The number of rotatable bonds is 2. The summed E-state index contributed by atoms with van der Waals surface area (Å²) >= 11 is 1.93. The zero-order chi connectivity index (χ0) is 7.56. The monoisotopic (exact) mass is 258 g/mol. The minimum absolute atomic E-state index is 0.193. The van der Waals surface area contributed by atoms with E-state index in [9.17, 15) is 10.0 Å². The Hall–Kier alpha value is -0.120. The van der Waals surface area contributed by atoms with Gasteiger partial charge in [0.2, 0.25) is 0 Å². The van der Waals surface area contributed by atoms with Gasteiger partial charge in [-0.25, -0.2) is 4.79 Å². The van der Waals surface area contributed by atoms with Crippen LogP contribution >= 0.6 is 22.6 Å². The highest BCUT2D eigenvalue weighted by molar-refractivity contribution is 14.1. The number of carbonyl (C=O) groups is 1. The molecule has 0 aromatic heterocycles. The molecule has 0 aromatic rings. The summed E-state index contributed by atoms with van der Waals surface area (Å²) in [6, 6.07) is -0.727. The van der Waals surface area contributed by atoms with Crippen molar-refractivity contribution in [3.63, 3.8) is 0 Å². The Morgan fingerprint density at radius 2 is 2.60 bits per heavy atom. The van der Waals surface area contributed by atoms with Gasteiger partial charge in [-0.15, -0.1) is 0 Å². The van der Waals surface area contributed by atoms with Crippen LogP contribution in [0.2, 0.25) is 0 Å². The summed E-state index contributed by atoms with van der Waals surface area (Å²) in [5, 5.41) is 10.8. The lowest BCUT2D eigenvalue weighted by Crippen LogP contribution is -2.36. The topological polar surface area (TPSA) is 76.7 Å². The number of hydrogen-bond acceptors (Lipinski definition) is 4. The van der Waals surface area contributed by atoms with E-state index in [0.717, 1.165) is 0 Å². The largest absolute Gasteiger partial charge is 0.752 e. The van der Waals surface area contributed by atoms with Gasteiger partial charge in [0.1, 0.15) is 4.61 Å². The number of hydrogen-bond donors (Lipinski definition) is 2. The Balaban J connectivity index is 2.41. The van der Waals surface area contributed by atoms with Gasteiger partial charge in [-0.3, -0.25) is 5.43 Å². The molecular formula is C3H5IN3O3-. The summed E-state index contributed by atoms with van der Waals surface area (Å²) in [5.41, 5.74) is 4.44. The molecule has 0 aromatic carbocycles. The lowest BCUT2D eigenvalue weighted by atomic mass is 10.9. The maximum atomic E-state index is 10.6. The van der Waals surface area contributed by atoms with Crippen LogP contribution in [-0.4, -0.2) is 22.1 Å². The Kier molecular flexibility index (Phi) is 2.65. The molecule has 0 radical (unpaired) electrons. The number of hydrazine groups is 1. The number of amides is 2. The second kappa shape index (κ2) is 3.32. The van der Waals surface area contributed by atoms with Crippen molar-refractivity contribution in [2.24, 2.45) is 0 Å². The Bertz CT molecular complexity index is 143. The molecule has 0 aliphatic carbocycles. The Labute approximate surface area is 70.6 Å². The highest BCUT2D eigenvalue weighted by Crippen LogP contribution is 2.02. The highest BCUT2D eigenvalue weighted by atomic mass is 127. The maximum absolute atomic E-state index is 10.6. The van der Waals surface area contributed by atoms with Crippen molar-refractivity contribution in [3.8, 4) is 0 Å². The lowest BCUT2D eigenvalue weighted by molar-refractivity contribution is 0.00941. The van der Waals surface area contributed by atoms with Crippen molar-refractivity contribution in [3.05, 3.63) is 5.21 Å². The lowest BCUT2D eigenvalue weighted by Gasteiger charge is -2.25. The van der Waals surface area contributed by atoms with Gasteiger partial charge in [0.15, 0.2) is 6.35 Å². The average molecular weight is 258 g/mol. The minimum Gasteiger partial charge on any atom is -0.752 e. The number of ether oxygens (including phenoxy) is 1. The number of urea groups is 1. The molecule has 58 valence electrons. The van der Waals surface area contributed by atoms with E-state index >= 15 is 0 Å². The first-order valence-corrected chi connectivity index (χ1v) is 3.97. The first-order chi connectivity index (χ1) is 4.75. The first-order valence-electron chi connectivity index (χ1n) is 2.45. The molecular weight excluding hydrogens is 253 g/mol. The third kappa shape index (κ3) is 1.48. The van der Waals surface area contributed by atoms with E-state index in [1.807, 2.05) is 22.6 Å². The summed E-state index contributed by atoms with van der Waals surface area (Å²) in [7, 11) is 0. The van der Waals surface area contributed by atoms with E-state index in [1.165, 1.54) is 0 Å². The van der Waals surface area contributed by atoms with Gasteiger partial charge >= 0.3 is 6.03 Å². The fraction of sp³-hybridized carbons (Fsp3) is 0.667. The predicted molar refractivity (Wildman–Crippen MR) is 40.6 cm³/mol. The standard InChI is InChI=1S/C3H5IN3O3/c4-1-10-3-6-5-2(8)7(3)9/h3,6H,1H2,(H,5,8)/q-1. The number of nitrogens with zero attached hydrogens (tertiary/aromatic N) is 1. The molecule has 10 heavy (non-hydrogen) atoms. The summed E-state index contributed by atoms with van der Waals surface area (Å²) in [6.45, 7) is 0. The number of alkyl halides is 1. The van der Waals surface area contributed by atoms with E-state index in [1.54, 1.807) is 0 Å². The van der Waals surface area contributed by atoms with E-state index < -0.39 is 12.4 Å². The van der Waals surface area contributed by atoms with Gasteiger partial charge in [-0.2, -0.15) is 5.43 Å². The molecule has 0 spiro atoms. The molecule has 2 amide bonds. The van der Waals surface area contributed by atoms with Crippen molar-refractivity contribution in [1.82, 2.24) is 15.9 Å². The fourth-order valence-electron chi connectivity index (χ4n) is 0.513.